The number of benzene rings is 1. The average Bonchev–Trinajstić information content (AvgIpc) is 2.94. The number of nitrogens with zero attached hydrogens (tertiary/aromatic N) is 1. The fraction of sp³-hybridized carbons (Fsp3) is 0.611. The Labute approximate surface area is 127 Å². The molecule has 1 saturated heterocycles. The average molecular weight is 286 g/mol. The Balaban J connectivity index is 1.78. The van der Waals surface area contributed by atoms with Crippen LogP contribution in [-0.4, -0.2) is 23.4 Å². The fourth-order valence-corrected chi connectivity index (χ4v) is 3.81. The Morgan fingerprint density at radius 3 is 2.57 bits per heavy atom. The van der Waals surface area contributed by atoms with Crippen molar-refractivity contribution in [2.24, 2.45) is 11.7 Å². The third-order valence-electron chi connectivity index (χ3n) is 5.07. The van der Waals surface area contributed by atoms with Crippen molar-refractivity contribution >= 4 is 5.91 Å². The standard InChI is InChI=1S/C18H26N2O/c1-13-5-7-14(8-6-13)17-4-2-3-11-20(17)18(21)15-9-10-16(19)12-15/h5-8,15-17H,2-4,9-12,19H2,1H3. The fourth-order valence-electron chi connectivity index (χ4n) is 3.81. The minimum absolute atomic E-state index is 0.158. The smallest absolute Gasteiger partial charge is 0.226 e. The van der Waals surface area contributed by atoms with Crippen molar-refractivity contribution in [3.63, 3.8) is 0 Å². The summed E-state index contributed by atoms with van der Waals surface area (Å²) in [6.07, 6.45) is 6.28. The summed E-state index contributed by atoms with van der Waals surface area (Å²) in [4.78, 5) is 15.0. The maximum Gasteiger partial charge on any atom is 0.226 e. The maximum atomic E-state index is 12.9. The van der Waals surface area contributed by atoms with Gasteiger partial charge < -0.3 is 10.6 Å². The molecule has 1 aliphatic heterocycles. The molecule has 3 unspecified atom stereocenters. The van der Waals surface area contributed by atoms with E-state index in [1.165, 1.54) is 17.5 Å². The normalized spacial score (nSPS) is 29.6. The topological polar surface area (TPSA) is 46.3 Å². The van der Waals surface area contributed by atoms with Gasteiger partial charge in [0.25, 0.3) is 0 Å². The zero-order valence-corrected chi connectivity index (χ0v) is 12.9. The molecule has 2 aliphatic rings. The number of carbonyl (C=O) groups is 1. The zero-order valence-electron chi connectivity index (χ0n) is 12.9. The molecule has 0 aromatic heterocycles. The molecule has 3 nitrogen and oxygen atoms in total. The van der Waals surface area contributed by atoms with E-state index in [-0.39, 0.29) is 18.0 Å². The van der Waals surface area contributed by atoms with Crippen LogP contribution < -0.4 is 5.73 Å². The van der Waals surface area contributed by atoms with Crippen LogP contribution in [0.3, 0.4) is 0 Å². The molecule has 114 valence electrons. The molecule has 0 bridgehead atoms. The lowest BCUT2D eigenvalue weighted by atomic mass is 9.92. The third-order valence-corrected chi connectivity index (χ3v) is 5.07. The van der Waals surface area contributed by atoms with Gasteiger partial charge in [0.05, 0.1) is 6.04 Å². The third kappa shape index (κ3) is 3.13. The summed E-state index contributed by atoms with van der Waals surface area (Å²) in [5, 5.41) is 0. The number of hydrogen-bond acceptors (Lipinski definition) is 2. The first-order valence-corrected chi connectivity index (χ1v) is 8.28. The number of carbonyl (C=O) groups excluding carboxylic acids is 1. The number of amides is 1. The summed E-state index contributed by atoms with van der Waals surface area (Å²) in [5.74, 6) is 0.499. The summed E-state index contributed by atoms with van der Waals surface area (Å²) < 4.78 is 0. The number of aryl methyl sites for hydroxylation is 1. The van der Waals surface area contributed by atoms with Crippen LogP contribution in [0.2, 0.25) is 0 Å². The molecule has 0 radical (unpaired) electrons. The molecule has 3 heteroatoms. The van der Waals surface area contributed by atoms with E-state index in [0.29, 0.717) is 5.91 Å². The van der Waals surface area contributed by atoms with Gasteiger partial charge in [-0.15, -0.1) is 0 Å². The van der Waals surface area contributed by atoms with E-state index < -0.39 is 0 Å². The highest BCUT2D eigenvalue weighted by atomic mass is 16.2. The first kappa shape index (κ1) is 14.6. The molecular weight excluding hydrogens is 260 g/mol. The van der Waals surface area contributed by atoms with Crippen LogP contribution in [-0.2, 0) is 4.79 Å². The molecule has 1 amide bonds. The molecule has 3 rings (SSSR count). The molecule has 0 spiro atoms. The van der Waals surface area contributed by atoms with Crippen LogP contribution in [0, 0.1) is 12.8 Å². The van der Waals surface area contributed by atoms with E-state index in [2.05, 4.69) is 36.1 Å². The molecular formula is C18H26N2O. The Hall–Kier alpha value is -1.35. The van der Waals surface area contributed by atoms with Gasteiger partial charge in [0, 0.05) is 18.5 Å². The van der Waals surface area contributed by atoms with Crippen LogP contribution in [0.25, 0.3) is 0 Å². The predicted octanol–water partition coefficient (Wildman–Crippen LogP) is 3.18. The first-order valence-electron chi connectivity index (χ1n) is 8.28. The molecule has 1 heterocycles. The quantitative estimate of drug-likeness (QED) is 0.907. The lowest BCUT2D eigenvalue weighted by molar-refractivity contribution is -0.139. The van der Waals surface area contributed by atoms with Gasteiger partial charge in [0.2, 0.25) is 5.91 Å². The van der Waals surface area contributed by atoms with Crippen molar-refractivity contribution in [2.45, 2.75) is 57.5 Å². The number of hydrogen-bond donors (Lipinski definition) is 1. The van der Waals surface area contributed by atoms with Crippen molar-refractivity contribution < 1.29 is 4.79 Å². The van der Waals surface area contributed by atoms with Crippen LogP contribution >= 0.6 is 0 Å². The first-order chi connectivity index (χ1) is 10.1. The molecule has 1 aromatic rings. The van der Waals surface area contributed by atoms with Crippen molar-refractivity contribution in [2.75, 3.05) is 6.54 Å². The van der Waals surface area contributed by atoms with E-state index in [9.17, 15) is 4.79 Å². The second-order valence-electron chi connectivity index (χ2n) is 6.72. The molecule has 1 aromatic carbocycles. The Bertz CT molecular complexity index is 496. The second kappa shape index (κ2) is 6.18. The second-order valence-corrected chi connectivity index (χ2v) is 6.72. The largest absolute Gasteiger partial charge is 0.335 e. The lowest BCUT2D eigenvalue weighted by Gasteiger charge is -2.37. The number of rotatable bonds is 2. The van der Waals surface area contributed by atoms with E-state index >= 15 is 0 Å². The van der Waals surface area contributed by atoms with Gasteiger partial charge >= 0.3 is 0 Å². The molecule has 1 saturated carbocycles. The van der Waals surface area contributed by atoms with Gasteiger partial charge in [-0.25, -0.2) is 0 Å². The lowest BCUT2D eigenvalue weighted by Crippen LogP contribution is -2.41. The van der Waals surface area contributed by atoms with Crippen molar-refractivity contribution in [3.05, 3.63) is 35.4 Å². The summed E-state index contributed by atoms with van der Waals surface area (Å²) in [7, 11) is 0. The highest BCUT2D eigenvalue weighted by Crippen LogP contribution is 2.35. The summed E-state index contributed by atoms with van der Waals surface area (Å²) in [6, 6.07) is 9.17. The summed E-state index contributed by atoms with van der Waals surface area (Å²) >= 11 is 0. The number of likely N-dealkylation sites (tertiary alicyclic amines) is 1. The van der Waals surface area contributed by atoms with Gasteiger partial charge in [-0.3, -0.25) is 4.79 Å². The number of piperidine rings is 1. The van der Waals surface area contributed by atoms with E-state index in [4.69, 9.17) is 5.73 Å². The van der Waals surface area contributed by atoms with Gasteiger partial charge in [-0.05, 0) is 51.0 Å². The maximum absolute atomic E-state index is 12.9. The predicted molar refractivity (Wildman–Crippen MR) is 84.8 cm³/mol. The summed E-state index contributed by atoms with van der Waals surface area (Å²) in [5.41, 5.74) is 8.54. The van der Waals surface area contributed by atoms with Gasteiger partial charge in [0.15, 0.2) is 0 Å². The Morgan fingerprint density at radius 2 is 1.90 bits per heavy atom. The molecule has 21 heavy (non-hydrogen) atoms. The highest BCUT2D eigenvalue weighted by molar-refractivity contribution is 5.79. The van der Waals surface area contributed by atoms with Crippen LogP contribution in [0.15, 0.2) is 24.3 Å². The van der Waals surface area contributed by atoms with Crippen molar-refractivity contribution in [1.82, 2.24) is 4.90 Å². The summed E-state index contributed by atoms with van der Waals surface area (Å²) in [6.45, 7) is 3.01. The minimum atomic E-state index is 0.158. The highest BCUT2D eigenvalue weighted by Gasteiger charge is 2.35. The zero-order chi connectivity index (χ0) is 14.8. The minimum Gasteiger partial charge on any atom is -0.335 e. The van der Waals surface area contributed by atoms with E-state index in [0.717, 1.165) is 38.6 Å². The van der Waals surface area contributed by atoms with Crippen LogP contribution in [0.5, 0.6) is 0 Å². The van der Waals surface area contributed by atoms with E-state index in [1.54, 1.807) is 0 Å². The monoisotopic (exact) mass is 286 g/mol. The van der Waals surface area contributed by atoms with Crippen molar-refractivity contribution in [1.29, 1.82) is 0 Å². The molecule has 3 atom stereocenters. The molecule has 2 fully saturated rings. The number of nitrogens with two attached hydrogens (primary N) is 1. The molecule has 1 aliphatic carbocycles. The van der Waals surface area contributed by atoms with Gasteiger partial charge in [-0.2, -0.15) is 0 Å². The Kier molecular flexibility index (Phi) is 4.29. The SMILES string of the molecule is Cc1ccc(C2CCCCN2C(=O)C2CCC(N)C2)cc1. The van der Waals surface area contributed by atoms with Gasteiger partial charge in [-0.1, -0.05) is 29.8 Å². The van der Waals surface area contributed by atoms with Crippen LogP contribution in [0.4, 0.5) is 0 Å². The Morgan fingerprint density at radius 1 is 1.14 bits per heavy atom. The van der Waals surface area contributed by atoms with Gasteiger partial charge in [0.1, 0.15) is 0 Å². The van der Waals surface area contributed by atoms with E-state index in [1.807, 2.05) is 0 Å². The van der Waals surface area contributed by atoms with Crippen LogP contribution in [0.1, 0.15) is 55.7 Å². The van der Waals surface area contributed by atoms with Crippen molar-refractivity contribution in [3.8, 4) is 0 Å². The molecule has 2 N–H and O–H groups in total.